The Morgan fingerprint density at radius 1 is 1.10 bits per heavy atom. The molecule has 21 heavy (non-hydrogen) atoms. The van der Waals surface area contributed by atoms with E-state index in [4.69, 9.17) is 0 Å². The van der Waals surface area contributed by atoms with E-state index in [-0.39, 0.29) is 36.6 Å². The third-order valence-corrected chi connectivity index (χ3v) is 3.30. The molecule has 3 nitrogen and oxygen atoms in total. The van der Waals surface area contributed by atoms with Gasteiger partial charge in [0.1, 0.15) is 5.75 Å². The minimum atomic E-state index is -4.63. The SMILES string of the molecule is C[C@@H](c1ccc(OC(F)(F)F)cc1)N1CCNCC1.Cl.Cl. The van der Waals surface area contributed by atoms with E-state index < -0.39 is 6.36 Å². The van der Waals surface area contributed by atoms with E-state index in [1.807, 2.05) is 0 Å². The second-order valence-electron chi connectivity index (χ2n) is 4.58. The number of nitrogens with zero attached hydrogens (tertiary/aromatic N) is 1. The molecule has 1 fully saturated rings. The van der Waals surface area contributed by atoms with Crippen molar-refractivity contribution in [1.29, 1.82) is 0 Å². The Bertz CT molecular complexity index is 409. The highest BCUT2D eigenvalue weighted by atomic mass is 35.5. The summed E-state index contributed by atoms with van der Waals surface area (Å²) >= 11 is 0. The molecule has 8 heteroatoms. The molecule has 0 unspecified atom stereocenters. The average molecular weight is 347 g/mol. The smallest absolute Gasteiger partial charge is 0.406 e. The highest BCUT2D eigenvalue weighted by Gasteiger charge is 2.31. The summed E-state index contributed by atoms with van der Waals surface area (Å²) in [6, 6.07) is 6.30. The summed E-state index contributed by atoms with van der Waals surface area (Å²) in [5.74, 6) is -0.177. The Morgan fingerprint density at radius 3 is 2.10 bits per heavy atom. The summed E-state index contributed by atoms with van der Waals surface area (Å²) in [7, 11) is 0. The second-order valence-corrected chi connectivity index (χ2v) is 4.58. The van der Waals surface area contributed by atoms with Crippen LogP contribution < -0.4 is 10.1 Å². The van der Waals surface area contributed by atoms with Gasteiger partial charge in [0.15, 0.2) is 0 Å². The molecular formula is C13H19Cl2F3N2O. The van der Waals surface area contributed by atoms with Crippen LogP contribution in [0.4, 0.5) is 13.2 Å². The number of ether oxygens (including phenoxy) is 1. The highest BCUT2D eigenvalue weighted by molar-refractivity contribution is 5.85. The molecule has 0 aromatic heterocycles. The van der Waals surface area contributed by atoms with Crippen molar-refractivity contribution in [1.82, 2.24) is 10.2 Å². The first-order chi connectivity index (χ1) is 8.96. The van der Waals surface area contributed by atoms with E-state index in [0.717, 1.165) is 31.7 Å². The van der Waals surface area contributed by atoms with Crippen molar-refractivity contribution in [2.45, 2.75) is 19.3 Å². The average Bonchev–Trinajstić information content (AvgIpc) is 2.38. The van der Waals surface area contributed by atoms with Gasteiger partial charge in [-0.25, -0.2) is 0 Å². The minimum absolute atomic E-state index is 0. The van der Waals surface area contributed by atoms with Gasteiger partial charge in [0.25, 0.3) is 0 Å². The largest absolute Gasteiger partial charge is 0.573 e. The van der Waals surface area contributed by atoms with Gasteiger partial charge in [-0.3, -0.25) is 4.90 Å². The van der Waals surface area contributed by atoms with Crippen LogP contribution in [-0.4, -0.2) is 37.4 Å². The zero-order valence-electron chi connectivity index (χ0n) is 11.5. The summed E-state index contributed by atoms with van der Waals surface area (Å²) in [5, 5.41) is 3.27. The number of hydrogen-bond donors (Lipinski definition) is 1. The van der Waals surface area contributed by atoms with E-state index >= 15 is 0 Å². The molecule has 1 aromatic carbocycles. The molecule has 0 aliphatic carbocycles. The summed E-state index contributed by atoms with van der Waals surface area (Å²) in [5.41, 5.74) is 0.997. The summed E-state index contributed by atoms with van der Waals surface area (Å²) in [4.78, 5) is 2.30. The number of hydrogen-bond acceptors (Lipinski definition) is 3. The summed E-state index contributed by atoms with van der Waals surface area (Å²) in [6.45, 7) is 5.84. The first-order valence-electron chi connectivity index (χ1n) is 6.26. The van der Waals surface area contributed by atoms with Crippen molar-refractivity contribution in [3.05, 3.63) is 29.8 Å². The number of piperazine rings is 1. The molecular weight excluding hydrogens is 328 g/mol. The zero-order chi connectivity index (χ0) is 13.9. The van der Waals surface area contributed by atoms with E-state index in [0.29, 0.717) is 0 Å². The molecule has 0 spiro atoms. The fourth-order valence-corrected chi connectivity index (χ4v) is 2.23. The van der Waals surface area contributed by atoms with Crippen LogP contribution in [0, 0.1) is 0 Å². The molecule has 0 saturated carbocycles. The predicted molar refractivity (Wildman–Crippen MR) is 80.5 cm³/mol. The van der Waals surface area contributed by atoms with Crippen LogP contribution in [0.25, 0.3) is 0 Å². The van der Waals surface area contributed by atoms with Crippen molar-refractivity contribution in [3.8, 4) is 5.75 Å². The third-order valence-electron chi connectivity index (χ3n) is 3.30. The molecule has 1 aliphatic rings. The third kappa shape index (κ3) is 6.30. The molecule has 122 valence electrons. The molecule has 1 heterocycles. The standard InChI is InChI=1S/C13H17F3N2O.2ClH/c1-10(18-8-6-17-7-9-18)11-2-4-12(5-3-11)19-13(14,15)16;;/h2-5,10,17H,6-9H2,1H3;2*1H/t10-;;/m0../s1. The molecule has 0 bridgehead atoms. The van der Waals surface area contributed by atoms with Gasteiger partial charge in [-0.2, -0.15) is 0 Å². The van der Waals surface area contributed by atoms with Crippen molar-refractivity contribution < 1.29 is 17.9 Å². The second kappa shape index (κ2) is 8.68. The quantitative estimate of drug-likeness (QED) is 0.907. The number of halogens is 5. The zero-order valence-corrected chi connectivity index (χ0v) is 13.2. The summed E-state index contributed by atoms with van der Waals surface area (Å²) < 4.78 is 40.0. The monoisotopic (exact) mass is 346 g/mol. The maximum Gasteiger partial charge on any atom is 0.573 e. The Morgan fingerprint density at radius 2 is 1.62 bits per heavy atom. The number of benzene rings is 1. The van der Waals surface area contributed by atoms with Gasteiger partial charge in [-0.05, 0) is 24.6 Å². The van der Waals surface area contributed by atoms with Crippen molar-refractivity contribution >= 4 is 24.8 Å². The van der Waals surface area contributed by atoms with Crippen molar-refractivity contribution in [3.63, 3.8) is 0 Å². The molecule has 0 radical (unpaired) electrons. The van der Waals surface area contributed by atoms with Gasteiger partial charge >= 0.3 is 6.36 Å². The Balaban J connectivity index is 0.00000200. The summed E-state index contributed by atoms with van der Waals surface area (Å²) in [6.07, 6.45) is -4.63. The van der Waals surface area contributed by atoms with Gasteiger partial charge in [0.05, 0.1) is 0 Å². The van der Waals surface area contributed by atoms with E-state index in [9.17, 15) is 13.2 Å². The number of rotatable bonds is 3. The Kier molecular flexibility index (Phi) is 8.39. The van der Waals surface area contributed by atoms with E-state index in [1.54, 1.807) is 12.1 Å². The minimum Gasteiger partial charge on any atom is -0.406 e. The Labute approximate surface area is 134 Å². The predicted octanol–water partition coefficient (Wildman–Crippen LogP) is 3.40. The molecule has 1 atom stereocenters. The normalized spacial score (nSPS) is 17.3. The molecule has 1 aromatic rings. The highest BCUT2D eigenvalue weighted by Crippen LogP contribution is 2.26. The lowest BCUT2D eigenvalue weighted by atomic mass is 10.1. The maximum absolute atomic E-state index is 12.1. The molecule has 1 N–H and O–H groups in total. The molecule has 1 saturated heterocycles. The van der Waals surface area contributed by atoms with Crippen LogP contribution in [0.15, 0.2) is 24.3 Å². The van der Waals surface area contributed by atoms with Gasteiger partial charge in [0, 0.05) is 32.2 Å². The van der Waals surface area contributed by atoms with Gasteiger partial charge in [0.2, 0.25) is 0 Å². The van der Waals surface area contributed by atoms with Crippen LogP contribution in [0.1, 0.15) is 18.5 Å². The van der Waals surface area contributed by atoms with E-state index in [2.05, 4.69) is 21.9 Å². The molecule has 1 aliphatic heterocycles. The lowest BCUT2D eigenvalue weighted by Crippen LogP contribution is -2.44. The lowest BCUT2D eigenvalue weighted by Gasteiger charge is -2.33. The number of nitrogens with one attached hydrogen (secondary N) is 1. The van der Waals surface area contributed by atoms with Crippen LogP contribution >= 0.6 is 24.8 Å². The Hall–Kier alpha value is -0.690. The van der Waals surface area contributed by atoms with E-state index in [1.165, 1.54) is 12.1 Å². The number of alkyl halides is 3. The first kappa shape index (κ1) is 20.3. The fourth-order valence-electron chi connectivity index (χ4n) is 2.23. The maximum atomic E-state index is 12.1. The van der Waals surface area contributed by atoms with Gasteiger partial charge in [-0.15, -0.1) is 38.0 Å². The molecule has 0 amide bonds. The fraction of sp³-hybridized carbons (Fsp3) is 0.538. The van der Waals surface area contributed by atoms with Crippen LogP contribution in [0.3, 0.4) is 0 Å². The van der Waals surface area contributed by atoms with Crippen LogP contribution in [0.2, 0.25) is 0 Å². The van der Waals surface area contributed by atoms with Crippen molar-refractivity contribution in [2.75, 3.05) is 26.2 Å². The van der Waals surface area contributed by atoms with Crippen molar-refractivity contribution in [2.24, 2.45) is 0 Å². The first-order valence-corrected chi connectivity index (χ1v) is 6.26. The van der Waals surface area contributed by atoms with Crippen LogP contribution in [-0.2, 0) is 0 Å². The van der Waals surface area contributed by atoms with Gasteiger partial charge < -0.3 is 10.1 Å². The van der Waals surface area contributed by atoms with Gasteiger partial charge in [-0.1, -0.05) is 12.1 Å². The lowest BCUT2D eigenvalue weighted by molar-refractivity contribution is -0.274. The topological polar surface area (TPSA) is 24.5 Å². The van der Waals surface area contributed by atoms with Crippen LogP contribution in [0.5, 0.6) is 5.75 Å². The molecule has 2 rings (SSSR count).